The molecule has 87 heavy (non-hydrogen) atoms. The van der Waals surface area contributed by atoms with Crippen LogP contribution in [0.1, 0.15) is 196 Å². The molecule has 0 bridgehead atoms. The zero-order valence-corrected chi connectivity index (χ0v) is 52.1. The first-order valence-corrected chi connectivity index (χ1v) is 34.4. The second-order valence-electron chi connectivity index (χ2n) is 28.0. The van der Waals surface area contributed by atoms with E-state index in [1.807, 2.05) is 6.07 Å². The predicted molar refractivity (Wildman–Crippen MR) is 345 cm³/mol. The number of carbonyl (C=O) groups excluding carboxylic acids is 4. The van der Waals surface area contributed by atoms with Crippen LogP contribution in [0.3, 0.4) is 0 Å². The molecule has 2 unspecified atom stereocenters. The van der Waals surface area contributed by atoms with E-state index >= 15 is 0 Å². The summed E-state index contributed by atoms with van der Waals surface area (Å²) in [6.45, 7) is 0. The highest BCUT2D eigenvalue weighted by atomic mass is 16.3. The smallest absolute Gasteiger partial charge is 0.223 e. The van der Waals surface area contributed by atoms with Crippen LogP contribution in [0.15, 0.2) is 121 Å². The third-order valence-corrected chi connectivity index (χ3v) is 20.8. The van der Waals surface area contributed by atoms with E-state index in [4.69, 9.17) is 0 Å². The SMILES string of the molecule is O=C(CC1CC(Cc2ccccc2)C1)NC1CCC(O)CC1.O=C(CC1CC1CCc1ccccc1)NC1CCC(O)CC1.O=C(NC1CCC(O)CC1)C1CC(CCc2ccccc2)C1.O=C(NC1CCC(O)CC1)C1CC(Cc2ccccc2)C1. The molecule has 0 aromatic heterocycles. The summed E-state index contributed by atoms with van der Waals surface area (Å²) in [5.74, 6) is 5.39. The number of benzene rings is 4. The summed E-state index contributed by atoms with van der Waals surface area (Å²) in [4.78, 5) is 48.6. The molecular weight excluding hydrogens is 1080 g/mol. The fraction of sp³-hybridized carbons (Fsp3) is 0.627. The monoisotopic (exact) mass is 1190 g/mol. The van der Waals surface area contributed by atoms with E-state index in [-0.39, 0.29) is 78.0 Å². The summed E-state index contributed by atoms with van der Waals surface area (Å²) in [5, 5.41) is 50.6. The molecule has 2 atom stereocenters. The van der Waals surface area contributed by atoms with Crippen LogP contribution in [-0.4, -0.2) is 92.6 Å². The number of carbonyl (C=O) groups is 4. The molecule has 8 aliphatic carbocycles. The van der Waals surface area contributed by atoms with Crippen LogP contribution in [0.5, 0.6) is 0 Å². The Morgan fingerprint density at radius 3 is 1.03 bits per heavy atom. The zero-order valence-electron chi connectivity index (χ0n) is 52.1. The highest BCUT2D eigenvalue weighted by Crippen LogP contribution is 2.45. The van der Waals surface area contributed by atoms with Gasteiger partial charge in [0.25, 0.3) is 0 Å². The molecule has 12 rings (SSSR count). The number of aliphatic hydroxyl groups is 4. The van der Waals surface area contributed by atoms with E-state index in [2.05, 4.69) is 137 Å². The number of hydrogen-bond donors (Lipinski definition) is 8. The van der Waals surface area contributed by atoms with E-state index in [1.165, 1.54) is 54.4 Å². The topological polar surface area (TPSA) is 197 Å². The average Bonchev–Trinajstić information content (AvgIpc) is 4.48. The number of nitrogens with one attached hydrogen (secondary N) is 4. The highest BCUT2D eigenvalue weighted by Gasteiger charge is 2.39. The number of hydrogen-bond acceptors (Lipinski definition) is 8. The van der Waals surface area contributed by atoms with E-state index in [9.17, 15) is 39.6 Å². The third kappa shape index (κ3) is 23.2. The maximum absolute atomic E-state index is 12.2. The summed E-state index contributed by atoms with van der Waals surface area (Å²) in [6, 6.07) is 43.5. The van der Waals surface area contributed by atoms with Crippen LogP contribution in [0.25, 0.3) is 0 Å². The first-order chi connectivity index (χ1) is 42.3. The lowest BCUT2D eigenvalue weighted by Crippen LogP contribution is -2.45. The Labute approximate surface area is 520 Å². The Balaban J connectivity index is 0.000000138. The Bertz CT molecular complexity index is 2540. The lowest BCUT2D eigenvalue weighted by molar-refractivity contribution is -0.131. The Hall–Kier alpha value is -5.40. The second-order valence-corrected chi connectivity index (χ2v) is 28.0. The standard InChI is InChI=1S/3C19H27NO2.C18H25NO2/c21-18-8-6-17(7-9-18)20-19(22)13-16-11-15(12-16)10-14-4-2-1-3-5-14;21-18-10-8-17(9-11-18)20-19(22)13-16-12-15(16)7-6-14-4-2-1-3-5-14;21-18-10-8-17(9-11-18)20-19(22)16-12-15(13-16)7-6-14-4-2-1-3-5-14;20-17-8-6-16(7-9-17)19-18(21)15-11-14(12-15)10-13-4-2-1-3-5-13/h3*1-5,15-18,21H,6-13H2,(H,20,22);1-5,14-17,20H,6-12H2,(H,19,21). The molecule has 12 heteroatoms. The summed E-state index contributed by atoms with van der Waals surface area (Å²) in [5.41, 5.74) is 5.59. The van der Waals surface area contributed by atoms with Crippen LogP contribution in [0, 0.1) is 47.3 Å². The predicted octanol–water partition coefficient (Wildman–Crippen LogP) is 11.9. The van der Waals surface area contributed by atoms with Crippen molar-refractivity contribution in [1.82, 2.24) is 21.3 Å². The fourth-order valence-electron chi connectivity index (χ4n) is 14.9. The van der Waals surface area contributed by atoms with Crippen LogP contribution >= 0.6 is 0 Å². The first kappa shape index (κ1) is 66.0. The van der Waals surface area contributed by atoms with Crippen LogP contribution in [0.4, 0.5) is 0 Å². The lowest BCUT2D eigenvalue weighted by atomic mass is 9.70. The van der Waals surface area contributed by atoms with Crippen molar-refractivity contribution in [2.24, 2.45) is 47.3 Å². The molecule has 4 aromatic carbocycles. The van der Waals surface area contributed by atoms with E-state index in [1.54, 1.807) is 0 Å². The number of aliphatic hydroxyl groups excluding tert-OH is 4. The van der Waals surface area contributed by atoms with Gasteiger partial charge in [-0.1, -0.05) is 121 Å². The molecule has 0 heterocycles. The summed E-state index contributed by atoms with van der Waals surface area (Å²) in [6.07, 6.45) is 29.4. The minimum atomic E-state index is -0.155. The molecule has 8 fully saturated rings. The summed E-state index contributed by atoms with van der Waals surface area (Å²) < 4.78 is 0. The molecule has 12 nitrogen and oxygen atoms in total. The fourth-order valence-corrected chi connectivity index (χ4v) is 14.9. The van der Waals surface area contributed by atoms with Crippen molar-refractivity contribution >= 4 is 23.6 Å². The quantitative estimate of drug-likeness (QED) is 0.0428. The Morgan fingerprint density at radius 1 is 0.322 bits per heavy atom. The van der Waals surface area contributed by atoms with E-state index in [0.717, 1.165) is 166 Å². The molecule has 8 saturated carbocycles. The molecule has 4 amide bonds. The van der Waals surface area contributed by atoms with Crippen molar-refractivity contribution in [3.05, 3.63) is 144 Å². The maximum atomic E-state index is 12.2. The summed E-state index contributed by atoms with van der Waals surface area (Å²) >= 11 is 0. The first-order valence-electron chi connectivity index (χ1n) is 34.4. The van der Waals surface area contributed by atoms with Gasteiger partial charge >= 0.3 is 0 Å². The van der Waals surface area contributed by atoms with Gasteiger partial charge in [0.15, 0.2) is 0 Å². The molecule has 474 valence electrons. The molecule has 8 aliphatic rings. The van der Waals surface area contributed by atoms with Gasteiger partial charge in [-0.3, -0.25) is 19.2 Å². The van der Waals surface area contributed by atoms with Crippen LogP contribution < -0.4 is 21.3 Å². The molecule has 0 radical (unpaired) electrons. The lowest BCUT2D eigenvalue weighted by Gasteiger charge is -2.36. The van der Waals surface area contributed by atoms with Gasteiger partial charge in [-0.25, -0.2) is 0 Å². The minimum absolute atomic E-state index is 0.153. The number of amides is 4. The van der Waals surface area contributed by atoms with Gasteiger partial charge in [-0.15, -0.1) is 0 Å². The van der Waals surface area contributed by atoms with Crippen LogP contribution in [-0.2, 0) is 44.9 Å². The minimum Gasteiger partial charge on any atom is -0.393 e. The summed E-state index contributed by atoms with van der Waals surface area (Å²) in [7, 11) is 0. The average molecular weight is 1190 g/mol. The van der Waals surface area contributed by atoms with Crippen molar-refractivity contribution in [2.45, 2.75) is 248 Å². The number of rotatable bonds is 20. The molecule has 4 aromatic rings. The van der Waals surface area contributed by atoms with Gasteiger partial charge in [0.05, 0.1) is 24.4 Å². The van der Waals surface area contributed by atoms with Gasteiger partial charge in [0, 0.05) is 48.8 Å². The second kappa shape index (κ2) is 34.5. The van der Waals surface area contributed by atoms with Gasteiger partial charge in [-0.05, 0) is 244 Å². The van der Waals surface area contributed by atoms with Gasteiger partial charge in [0.1, 0.15) is 0 Å². The third-order valence-electron chi connectivity index (χ3n) is 20.8. The normalized spacial score (nSPS) is 31.4. The zero-order chi connectivity index (χ0) is 60.7. The molecule has 0 spiro atoms. The van der Waals surface area contributed by atoms with Crippen molar-refractivity contribution in [3.8, 4) is 0 Å². The van der Waals surface area contributed by atoms with Crippen molar-refractivity contribution < 1.29 is 39.6 Å². The Kier molecular flexibility index (Phi) is 26.2. The van der Waals surface area contributed by atoms with E-state index < -0.39 is 0 Å². The molecular formula is C75H106N4O8. The van der Waals surface area contributed by atoms with Crippen molar-refractivity contribution in [1.29, 1.82) is 0 Å². The van der Waals surface area contributed by atoms with Crippen LogP contribution in [0.2, 0.25) is 0 Å². The Morgan fingerprint density at radius 2 is 0.644 bits per heavy atom. The maximum Gasteiger partial charge on any atom is 0.223 e. The molecule has 0 aliphatic heterocycles. The molecule has 0 saturated heterocycles. The van der Waals surface area contributed by atoms with Gasteiger partial charge in [0.2, 0.25) is 23.6 Å². The van der Waals surface area contributed by atoms with E-state index in [0.29, 0.717) is 42.6 Å². The van der Waals surface area contributed by atoms with Crippen molar-refractivity contribution in [2.75, 3.05) is 0 Å². The molecule has 8 N–H and O–H groups in total. The van der Waals surface area contributed by atoms with Crippen molar-refractivity contribution in [3.63, 3.8) is 0 Å². The van der Waals surface area contributed by atoms with Gasteiger partial charge in [-0.2, -0.15) is 0 Å². The largest absolute Gasteiger partial charge is 0.393 e. The number of aryl methyl sites for hydroxylation is 2. The van der Waals surface area contributed by atoms with Gasteiger partial charge < -0.3 is 41.7 Å². The highest BCUT2D eigenvalue weighted by molar-refractivity contribution is 5.80.